The van der Waals surface area contributed by atoms with Crippen molar-refractivity contribution >= 4 is 17.8 Å². The normalized spacial score (nSPS) is 23.1. The Morgan fingerprint density at radius 3 is 2.52 bits per heavy atom. The number of rotatable bonds is 4. The van der Waals surface area contributed by atoms with Crippen LogP contribution in [0.1, 0.15) is 38.5 Å². The highest BCUT2D eigenvalue weighted by Gasteiger charge is 2.43. The van der Waals surface area contributed by atoms with E-state index in [-0.39, 0.29) is 24.9 Å². The second kappa shape index (κ2) is 6.99. The van der Waals surface area contributed by atoms with E-state index in [0.29, 0.717) is 32.2 Å². The minimum atomic E-state index is -0.986. The number of amides is 2. The lowest BCUT2D eigenvalue weighted by atomic mass is 9.86. The summed E-state index contributed by atoms with van der Waals surface area (Å²) in [5.74, 6) is -1.97. The molecule has 7 heteroatoms. The summed E-state index contributed by atoms with van der Waals surface area (Å²) in [5.41, 5.74) is -0.986. The van der Waals surface area contributed by atoms with Crippen molar-refractivity contribution in [2.75, 3.05) is 26.7 Å². The molecule has 2 amide bonds. The smallest absolute Gasteiger partial charge is 0.308 e. The number of carbonyl (C=O) groups is 3. The lowest BCUT2D eigenvalue weighted by Gasteiger charge is -2.33. The van der Waals surface area contributed by atoms with Gasteiger partial charge in [0.15, 0.2) is 0 Å². The Balaban J connectivity index is 1.95. The summed E-state index contributed by atoms with van der Waals surface area (Å²) in [5, 5.41) is 18.4. The molecule has 1 saturated heterocycles. The maximum Gasteiger partial charge on any atom is 0.308 e. The quantitative estimate of drug-likeness (QED) is 0.827. The molecule has 1 unspecified atom stereocenters. The summed E-state index contributed by atoms with van der Waals surface area (Å²) in [6.07, 6.45) is 4.03. The summed E-state index contributed by atoms with van der Waals surface area (Å²) in [6.45, 7) is 0.613. The number of likely N-dealkylation sites (tertiary alicyclic amines) is 1. The van der Waals surface area contributed by atoms with Gasteiger partial charge in [0.05, 0.1) is 18.5 Å². The molecular formula is C16H23N3O4. The zero-order valence-electron chi connectivity index (χ0n) is 13.5. The minimum absolute atomic E-state index is 0.103. The largest absolute Gasteiger partial charge is 0.481 e. The summed E-state index contributed by atoms with van der Waals surface area (Å²) >= 11 is 0. The van der Waals surface area contributed by atoms with E-state index in [2.05, 4.69) is 6.07 Å². The molecular weight excluding hydrogens is 298 g/mol. The van der Waals surface area contributed by atoms with E-state index in [1.54, 1.807) is 0 Å². The number of carbonyl (C=O) groups excluding carboxylic acids is 2. The van der Waals surface area contributed by atoms with Crippen LogP contribution in [0.3, 0.4) is 0 Å². The van der Waals surface area contributed by atoms with Crippen LogP contribution < -0.4 is 0 Å². The fourth-order valence-electron chi connectivity index (χ4n) is 3.50. The summed E-state index contributed by atoms with van der Waals surface area (Å²) in [6, 6.07) is 2.14. The van der Waals surface area contributed by atoms with E-state index in [9.17, 15) is 19.6 Å². The van der Waals surface area contributed by atoms with E-state index in [1.807, 2.05) is 0 Å². The molecule has 126 valence electrons. The van der Waals surface area contributed by atoms with Crippen LogP contribution in [0, 0.1) is 22.7 Å². The third kappa shape index (κ3) is 3.63. The number of carboxylic acids is 1. The first-order valence-corrected chi connectivity index (χ1v) is 8.07. The van der Waals surface area contributed by atoms with Gasteiger partial charge >= 0.3 is 5.97 Å². The maximum atomic E-state index is 12.5. The van der Waals surface area contributed by atoms with Gasteiger partial charge in [-0.05, 0) is 25.7 Å². The number of hydrogen-bond acceptors (Lipinski definition) is 4. The predicted octanol–water partition coefficient (Wildman–Crippen LogP) is 0.852. The van der Waals surface area contributed by atoms with Crippen LogP contribution in [-0.2, 0) is 14.4 Å². The Bertz CT molecular complexity index is 534. The van der Waals surface area contributed by atoms with Crippen molar-refractivity contribution in [2.24, 2.45) is 11.3 Å². The molecule has 1 aliphatic carbocycles. The zero-order valence-corrected chi connectivity index (χ0v) is 13.5. The van der Waals surface area contributed by atoms with Gasteiger partial charge in [0.25, 0.3) is 0 Å². The van der Waals surface area contributed by atoms with Gasteiger partial charge in [0.2, 0.25) is 11.8 Å². The first-order valence-electron chi connectivity index (χ1n) is 8.07. The highest BCUT2D eigenvalue weighted by Crippen LogP contribution is 2.38. The van der Waals surface area contributed by atoms with Gasteiger partial charge < -0.3 is 14.9 Å². The van der Waals surface area contributed by atoms with Crippen molar-refractivity contribution in [3.8, 4) is 6.07 Å². The van der Waals surface area contributed by atoms with Gasteiger partial charge in [0, 0.05) is 20.1 Å². The van der Waals surface area contributed by atoms with Crippen molar-refractivity contribution in [3.63, 3.8) is 0 Å². The fourth-order valence-corrected chi connectivity index (χ4v) is 3.50. The second-order valence-electron chi connectivity index (χ2n) is 6.58. The zero-order chi connectivity index (χ0) is 17.0. The Labute approximate surface area is 135 Å². The van der Waals surface area contributed by atoms with Crippen molar-refractivity contribution < 1.29 is 19.5 Å². The highest BCUT2D eigenvalue weighted by atomic mass is 16.4. The fraction of sp³-hybridized carbons (Fsp3) is 0.750. The number of piperidine rings is 1. The van der Waals surface area contributed by atoms with Crippen LogP contribution in [0.25, 0.3) is 0 Å². The number of carboxylic acid groups (broad SMARTS) is 1. The first-order chi connectivity index (χ1) is 10.9. The van der Waals surface area contributed by atoms with Gasteiger partial charge in [-0.2, -0.15) is 5.26 Å². The van der Waals surface area contributed by atoms with E-state index in [0.717, 1.165) is 12.8 Å². The average molecular weight is 321 g/mol. The molecule has 7 nitrogen and oxygen atoms in total. The third-order valence-corrected chi connectivity index (χ3v) is 4.92. The molecule has 0 aromatic heterocycles. The van der Waals surface area contributed by atoms with E-state index in [1.165, 1.54) is 16.8 Å². The molecule has 0 spiro atoms. The van der Waals surface area contributed by atoms with E-state index < -0.39 is 17.3 Å². The lowest BCUT2D eigenvalue weighted by Crippen LogP contribution is -2.49. The van der Waals surface area contributed by atoms with Crippen LogP contribution in [0.5, 0.6) is 0 Å². The molecule has 1 saturated carbocycles. The second-order valence-corrected chi connectivity index (χ2v) is 6.58. The standard InChI is InChI=1S/C16H23N3O4/c1-18(15(23)16(11-17)6-2-3-7-16)10-13(20)19-8-4-5-12(9-19)14(21)22/h12H,2-10H2,1H3,(H,21,22). The number of hydrogen-bond donors (Lipinski definition) is 1. The molecule has 0 aromatic carbocycles. The number of aliphatic carboxylic acids is 1. The summed E-state index contributed by atoms with van der Waals surface area (Å²) in [7, 11) is 1.54. The van der Waals surface area contributed by atoms with Crippen LogP contribution >= 0.6 is 0 Å². The topological polar surface area (TPSA) is 102 Å². The molecule has 1 heterocycles. The maximum absolute atomic E-state index is 12.5. The molecule has 2 fully saturated rings. The molecule has 2 rings (SSSR count). The van der Waals surface area contributed by atoms with Crippen LogP contribution in [0.15, 0.2) is 0 Å². The van der Waals surface area contributed by atoms with Gasteiger partial charge in [-0.1, -0.05) is 12.8 Å². The third-order valence-electron chi connectivity index (χ3n) is 4.92. The van der Waals surface area contributed by atoms with Gasteiger partial charge in [-0.15, -0.1) is 0 Å². The minimum Gasteiger partial charge on any atom is -0.481 e. The van der Waals surface area contributed by atoms with Crippen molar-refractivity contribution in [3.05, 3.63) is 0 Å². The molecule has 2 aliphatic rings. The lowest BCUT2D eigenvalue weighted by molar-refractivity contribution is -0.148. The highest BCUT2D eigenvalue weighted by molar-refractivity contribution is 5.90. The SMILES string of the molecule is CN(CC(=O)N1CCCC(C(=O)O)C1)C(=O)C1(C#N)CCCC1. The first kappa shape index (κ1) is 17.3. The molecule has 1 N–H and O–H groups in total. The molecule has 1 atom stereocenters. The van der Waals surface area contributed by atoms with Crippen molar-refractivity contribution in [2.45, 2.75) is 38.5 Å². The Hall–Kier alpha value is -2.10. The van der Waals surface area contributed by atoms with E-state index >= 15 is 0 Å². The monoisotopic (exact) mass is 321 g/mol. The Kier molecular flexibility index (Phi) is 5.24. The van der Waals surface area contributed by atoms with Crippen LogP contribution in [0.2, 0.25) is 0 Å². The van der Waals surface area contributed by atoms with Gasteiger partial charge in [-0.3, -0.25) is 14.4 Å². The van der Waals surface area contributed by atoms with E-state index in [4.69, 9.17) is 5.11 Å². The summed E-state index contributed by atoms with van der Waals surface area (Å²) < 4.78 is 0. The predicted molar refractivity (Wildman–Crippen MR) is 81.1 cm³/mol. The van der Waals surface area contributed by atoms with Gasteiger partial charge in [-0.25, -0.2) is 0 Å². The Morgan fingerprint density at radius 2 is 1.96 bits per heavy atom. The van der Waals surface area contributed by atoms with Crippen molar-refractivity contribution in [1.29, 1.82) is 5.26 Å². The number of likely N-dealkylation sites (N-methyl/N-ethyl adjacent to an activating group) is 1. The summed E-state index contributed by atoms with van der Waals surface area (Å²) in [4.78, 5) is 38.8. The van der Waals surface area contributed by atoms with Crippen LogP contribution in [0.4, 0.5) is 0 Å². The number of nitriles is 1. The van der Waals surface area contributed by atoms with Gasteiger partial charge in [0.1, 0.15) is 5.41 Å². The van der Waals surface area contributed by atoms with Crippen LogP contribution in [-0.4, -0.2) is 59.4 Å². The van der Waals surface area contributed by atoms with Crippen molar-refractivity contribution in [1.82, 2.24) is 9.80 Å². The Morgan fingerprint density at radius 1 is 1.30 bits per heavy atom. The molecule has 1 aliphatic heterocycles. The average Bonchev–Trinajstić information content (AvgIpc) is 3.04. The molecule has 23 heavy (non-hydrogen) atoms. The molecule has 0 radical (unpaired) electrons. The number of nitrogens with zero attached hydrogens (tertiary/aromatic N) is 3. The molecule has 0 bridgehead atoms. The molecule has 0 aromatic rings.